The van der Waals surface area contributed by atoms with Gasteiger partial charge >= 0.3 is 0 Å². The van der Waals surface area contributed by atoms with E-state index in [0.29, 0.717) is 11.6 Å². The van der Waals surface area contributed by atoms with Crippen molar-refractivity contribution in [3.05, 3.63) is 28.8 Å². The minimum Gasteiger partial charge on any atom is -0.496 e. The van der Waals surface area contributed by atoms with Crippen molar-refractivity contribution in [2.24, 2.45) is 0 Å². The normalized spacial score (nSPS) is 12.3. The van der Waals surface area contributed by atoms with Crippen molar-refractivity contribution in [2.45, 2.75) is 52.2 Å². The van der Waals surface area contributed by atoms with Crippen LogP contribution in [0.4, 0.5) is 0 Å². The van der Waals surface area contributed by atoms with Crippen LogP contribution in [0, 0.1) is 0 Å². The lowest BCUT2D eigenvalue weighted by Gasteiger charge is -2.20. The summed E-state index contributed by atoms with van der Waals surface area (Å²) in [6.07, 6.45) is 1.88. The number of rotatable bonds is 8. The smallest absolute Gasteiger partial charge is 0.237 e. The zero-order valence-electron chi connectivity index (χ0n) is 13.2. The number of ether oxygens (including phenoxy) is 1. The summed E-state index contributed by atoms with van der Waals surface area (Å²) in [7, 11) is 1.61. The van der Waals surface area contributed by atoms with E-state index in [-0.39, 0.29) is 18.0 Å². The number of hydrogen-bond acceptors (Lipinski definition) is 3. The minimum atomic E-state index is -0.286. The number of amides is 1. The van der Waals surface area contributed by atoms with Gasteiger partial charge in [0.15, 0.2) is 0 Å². The molecule has 2 N–H and O–H groups in total. The van der Waals surface area contributed by atoms with Crippen LogP contribution in [-0.2, 0) is 11.3 Å². The molecule has 4 nitrogen and oxygen atoms in total. The number of halogens is 1. The van der Waals surface area contributed by atoms with E-state index in [1.807, 2.05) is 25.1 Å². The second-order valence-corrected chi connectivity index (χ2v) is 5.45. The molecule has 1 amide bonds. The fourth-order valence-corrected chi connectivity index (χ4v) is 2.30. The topological polar surface area (TPSA) is 50.4 Å². The zero-order valence-corrected chi connectivity index (χ0v) is 14.0. The van der Waals surface area contributed by atoms with Crippen LogP contribution in [0.15, 0.2) is 18.2 Å². The molecular weight excluding hydrogens is 288 g/mol. The SMILES string of the molecule is CCC(CC)NC(=O)C(C)NCc1c(Cl)cccc1OC. The third kappa shape index (κ3) is 5.21. The Morgan fingerprint density at radius 3 is 2.57 bits per heavy atom. The average Bonchev–Trinajstić information content (AvgIpc) is 2.50. The highest BCUT2D eigenvalue weighted by Gasteiger charge is 2.16. The molecule has 1 unspecified atom stereocenters. The molecule has 118 valence electrons. The molecule has 5 heteroatoms. The van der Waals surface area contributed by atoms with Gasteiger partial charge in [0, 0.05) is 23.2 Å². The number of carbonyl (C=O) groups is 1. The quantitative estimate of drug-likeness (QED) is 0.775. The monoisotopic (exact) mass is 312 g/mol. The second kappa shape index (κ2) is 8.90. The Morgan fingerprint density at radius 1 is 1.33 bits per heavy atom. The minimum absolute atomic E-state index is 0.00900. The highest BCUT2D eigenvalue weighted by molar-refractivity contribution is 6.31. The largest absolute Gasteiger partial charge is 0.496 e. The van der Waals surface area contributed by atoms with E-state index in [4.69, 9.17) is 16.3 Å². The van der Waals surface area contributed by atoms with Crippen LogP contribution >= 0.6 is 11.6 Å². The van der Waals surface area contributed by atoms with Gasteiger partial charge in [0.05, 0.1) is 13.2 Å². The summed E-state index contributed by atoms with van der Waals surface area (Å²) in [6.45, 7) is 6.48. The summed E-state index contributed by atoms with van der Waals surface area (Å²) in [6, 6.07) is 5.46. The lowest BCUT2D eigenvalue weighted by molar-refractivity contribution is -0.123. The van der Waals surface area contributed by atoms with Gasteiger partial charge in [0.2, 0.25) is 5.91 Å². The van der Waals surface area contributed by atoms with Gasteiger partial charge in [-0.25, -0.2) is 0 Å². The van der Waals surface area contributed by atoms with Crippen molar-refractivity contribution in [2.75, 3.05) is 7.11 Å². The fourth-order valence-electron chi connectivity index (χ4n) is 2.07. The molecule has 21 heavy (non-hydrogen) atoms. The Morgan fingerprint density at radius 2 is 2.00 bits per heavy atom. The van der Waals surface area contributed by atoms with Gasteiger partial charge in [-0.15, -0.1) is 0 Å². The van der Waals surface area contributed by atoms with Crippen LogP contribution in [0.1, 0.15) is 39.2 Å². The van der Waals surface area contributed by atoms with Crippen LogP contribution < -0.4 is 15.4 Å². The highest BCUT2D eigenvalue weighted by atomic mass is 35.5. The first-order valence-electron chi connectivity index (χ1n) is 7.38. The molecule has 0 spiro atoms. The lowest BCUT2D eigenvalue weighted by atomic mass is 10.1. The third-order valence-corrected chi connectivity index (χ3v) is 3.96. The summed E-state index contributed by atoms with van der Waals surface area (Å²) in [5, 5.41) is 6.85. The van der Waals surface area contributed by atoms with E-state index < -0.39 is 0 Å². The molecule has 0 radical (unpaired) electrons. The number of nitrogens with one attached hydrogen (secondary N) is 2. The van der Waals surface area contributed by atoms with Gasteiger partial charge in [-0.2, -0.15) is 0 Å². The van der Waals surface area contributed by atoms with Crippen molar-refractivity contribution < 1.29 is 9.53 Å². The number of benzene rings is 1. The molecule has 0 saturated carbocycles. The standard InChI is InChI=1S/C16H25ClN2O2/c1-5-12(6-2)19-16(20)11(3)18-10-13-14(17)8-7-9-15(13)21-4/h7-9,11-12,18H,5-6,10H2,1-4H3,(H,19,20). The van der Waals surface area contributed by atoms with Crippen molar-refractivity contribution >= 4 is 17.5 Å². The maximum Gasteiger partial charge on any atom is 0.237 e. The Bertz CT molecular complexity index is 462. The number of carbonyl (C=O) groups excluding carboxylic acids is 1. The average molecular weight is 313 g/mol. The van der Waals surface area contributed by atoms with Crippen LogP contribution in [-0.4, -0.2) is 25.1 Å². The summed E-state index contributed by atoms with van der Waals surface area (Å²) >= 11 is 6.18. The predicted molar refractivity (Wildman–Crippen MR) is 86.8 cm³/mol. The molecule has 0 fully saturated rings. The molecule has 0 aliphatic carbocycles. The van der Waals surface area contributed by atoms with Gasteiger partial charge in [-0.1, -0.05) is 31.5 Å². The molecule has 1 rings (SSSR count). The predicted octanol–water partition coefficient (Wildman–Crippen LogP) is 3.13. The van der Waals surface area contributed by atoms with Crippen LogP contribution in [0.2, 0.25) is 5.02 Å². The second-order valence-electron chi connectivity index (χ2n) is 5.05. The van der Waals surface area contributed by atoms with Crippen molar-refractivity contribution in [1.82, 2.24) is 10.6 Å². The van der Waals surface area contributed by atoms with E-state index in [1.54, 1.807) is 7.11 Å². The van der Waals surface area contributed by atoms with Crippen LogP contribution in [0.3, 0.4) is 0 Å². The first-order valence-corrected chi connectivity index (χ1v) is 7.76. The number of methoxy groups -OCH3 is 1. The van der Waals surface area contributed by atoms with E-state index in [1.165, 1.54) is 0 Å². The van der Waals surface area contributed by atoms with E-state index in [2.05, 4.69) is 24.5 Å². The van der Waals surface area contributed by atoms with Crippen LogP contribution in [0.5, 0.6) is 5.75 Å². The van der Waals surface area contributed by atoms with Crippen molar-refractivity contribution in [3.8, 4) is 5.75 Å². The Hall–Kier alpha value is -1.26. The summed E-state index contributed by atoms with van der Waals surface area (Å²) in [4.78, 5) is 12.1. The Balaban J connectivity index is 2.60. The summed E-state index contributed by atoms with van der Waals surface area (Å²) in [5.41, 5.74) is 0.865. The lowest BCUT2D eigenvalue weighted by Crippen LogP contribution is -2.45. The fraction of sp³-hybridized carbons (Fsp3) is 0.562. The van der Waals surface area contributed by atoms with Gasteiger partial charge in [0.1, 0.15) is 5.75 Å². The molecular formula is C16H25ClN2O2. The molecule has 0 bridgehead atoms. The van der Waals surface area contributed by atoms with E-state index in [0.717, 1.165) is 24.2 Å². The molecule has 0 aliphatic rings. The van der Waals surface area contributed by atoms with E-state index >= 15 is 0 Å². The summed E-state index contributed by atoms with van der Waals surface area (Å²) < 4.78 is 5.29. The number of hydrogen-bond donors (Lipinski definition) is 2. The maximum absolute atomic E-state index is 12.1. The van der Waals surface area contributed by atoms with E-state index in [9.17, 15) is 4.79 Å². The van der Waals surface area contributed by atoms with Gasteiger partial charge in [0.25, 0.3) is 0 Å². The third-order valence-electron chi connectivity index (χ3n) is 3.61. The van der Waals surface area contributed by atoms with Gasteiger partial charge < -0.3 is 15.4 Å². The molecule has 0 heterocycles. The van der Waals surface area contributed by atoms with Gasteiger partial charge in [-0.3, -0.25) is 4.79 Å². The zero-order chi connectivity index (χ0) is 15.8. The molecule has 0 saturated heterocycles. The van der Waals surface area contributed by atoms with Gasteiger partial charge in [-0.05, 0) is 31.9 Å². The first-order chi connectivity index (χ1) is 10.0. The summed E-state index contributed by atoms with van der Waals surface area (Å²) in [5.74, 6) is 0.734. The Labute approximate surface area is 132 Å². The highest BCUT2D eigenvalue weighted by Crippen LogP contribution is 2.25. The van der Waals surface area contributed by atoms with Crippen LogP contribution in [0.25, 0.3) is 0 Å². The van der Waals surface area contributed by atoms with Crippen molar-refractivity contribution in [1.29, 1.82) is 0 Å². The molecule has 0 aromatic heterocycles. The van der Waals surface area contributed by atoms with Crippen molar-refractivity contribution in [3.63, 3.8) is 0 Å². The molecule has 1 aromatic carbocycles. The Kier molecular flexibility index (Phi) is 7.54. The first kappa shape index (κ1) is 17.8. The molecule has 1 atom stereocenters. The molecule has 0 aliphatic heterocycles. The maximum atomic E-state index is 12.1. The molecule has 1 aromatic rings.